The molecular formula is C20H19N3O3. The number of fused-ring (bicyclic) bond motifs is 1. The van der Waals surface area contributed by atoms with E-state index in [1.54, 1.807) is 26.2 Å². The molecule has 0 aliphatic carbocycles. The van der Waals surface area contributed by atoms with Crippen molar-refractivity contribution in [1.29, 1.82) is 0 Å². The first kappa shape index (κ1) is 16.2. The summed E-state index contributed by atoms with van der Waals surface area (Å²) in [5, 5.41) is 7.34. The number of methoxy groups -OCH3 is 2. The van der Waals surface area contributed by atoms with Crippen LogP contribution in [0.3, 0.4) is 0 Å². The molecule has 132 valence electrons. The molecule has 1 amide bonds. The fourth-order valence-electron chi connectivity index (χ4n) is 3.50. The van der Waals surface area contributed by atoms with Crippen LogP contribution in [0.25, 0.3) is 11.3 Å². The van der Waals surface area contributed by atoms with E-state index < -0.39 is 0 Å². The number of nitrogens with zero attached hydrogens (tertiary/aromatic N) is 2. The number of H-pyrrole nitrogens is 1. The summed E-state index contributed by atoms with van der Waals surface area (Å²) in [7, 11) is 5.00. The number of amides is 1. The molecule has 0 saturated heterocycles. The van der Waals surface area contributed by atoms with Gasteiger partial charge in [0.05, 0.1) is 26.0 Å². The smallest absolute Gasteiger partial charge is 0.272 e. The third kappa shape index (κ3) is 2.34. The van der Waals surface area contributed by atoms with Crippen molar-refractivity contribution in [2.24, 2.45) is 0 Å². The lowest BCUT2D eigenvalue weighted by atomic mass is 9.96. The van der Waals surface area contributed by atoms with Crippen LogP contribution < -0.4 is 9.47 Å². The maximum absolute atomic E-state index is 12.7. The van der Waals surface area contributed by atoms with Crippen molar-refractivity contribution in [3.05, 3.63) is 65.4 Å². The molecule has 6 nitrogen and oxygen atoms in total. The summed E-state index contributed by atoms with van der Waals surface area (Å²) in [5.41, 5.74) is 4.12. The minimum Gasteiger partial charge on any atom is -0.493 e. The van der Waals surface area contributed by atoms with E-state index in [4.69, 9.17) is 9.47 Å². The van der Waals surface area contributed by atoms with Gasteiger partial charge < -0.3 is 14.4 Å². The van der Waals surface area contributed by atoms with Gasteiger partial charge in [-0.2, -0.15) is 5.10 Å². The third-order valence-electron chi connectivity index (χ3n) is 4.77. The van der Waals surface area contributed by atoms with Crippen LogP contribution in [-0.4, -0.2) is 42.3 Å². The second-order valence-corrected chi connectivity index (χ2v) is 6.16. The lowest BCUT2D eigenvalue weighted by molar-refractivity contribution is 0.0787. The number of ether oxygens (including phenoxy) is 2. The first-order chi connectivity index (χ1) is 12.7. The Labute approximate surface area is 151 Å². The highest BCUT2D eigenvalue weighted by molar-refractivity contribution is 6.00. The van der Waals surface area contributed by atoms with Crippen molar-refractivity contribution in [1.82, 2.24) is 15.1 Å². The summed E-state index contributed by atoms with van der Waals surface area (Å²) >= 11 is 0. The molecule has 3 aromatic rings. The van der Waals surface area contributed by atoms with E-state index in [0.29, 0.717) is 17.2 Å². The van der Waals surface area contributed by atoms with Gasteiger partial charge in [-0.3, -0.25) is 9.89 Å². The summed E-state index contributed by atoms with van der Waals surface area (Å²) in [6, 6.07) is 15.3. The summed E-state index contributed by atoms with van der Waals surface area (Å²) in [6.45, 7) is 0. The van der Waals surface area contributed by atoms with Crippen LogP contribution in [0.1, 0.15) is 27.7 Å². The lowest BCUT2D eigenvalue weighted by Crippen LogP contribution is -2.24. The summed E-state index contributed by atoms with van der Waals surface area (Å²) in [4.78, 5) is 14.4. The van der Waals surface area contributed by atoms with Gasteiger partial charge in [0.25, 0.3) is 5.91 Å². The molecule has 0 radical (unpaired) electrons. The van der Waals surface area contributed by atoms with Crippen molar-refractivity contribution in [2.75, 3.05) is 21.3 Å². The van der Waals surface area contributed by atoms with Gasteiger partial charge in [-0.1, -0.05) is 36.4 Å². The molecule has 0 spiro atoms. The van der Waals surface area contributed by atoms with E-state index in [9.17, 15) is 4.79 Å². The Bertz CT molecular complexity index is 966. The molecule has 1 atom stereocenters. The van der Waals surface area contributed by atoms with Gasteiger partial charge >= 0.3 is 0 Å². The lowest BCUT2D eigenvalue weighted by Gasteiger charge is -2.23. The van der Waals surface area contributed by atoms with Crippen LogP contribution in [0.4, 0.5) is 0 Å². The highest BCUT2D eigenvalue weighted by atomic mass is 16.5. The van der Waals surface area contributed by atoms with Crippen LogP contribution in [0.15, 0.2) is 48.5 Å². The zero-order valence-corrected chi connectivity index (χ0v) is 14.8. The molecule has 1 aliphatic rings. The molecule has 1 aliphatic heterocycles. The number of hydrogen-bond acceptors (Lipinski definition) is 4. The van der Waals surface area contributed by atoms with E-state index in [1.807, 2.05) is 48.5 Å². The van der Waals surface area contributed by atoms with E-state index >= 15 is 0 Å². The van der Waals surface area contributed by atoms with Crippen molar-refractivity contribution < 1.29 is 14.3 Å². The molecule has 1 N–H and O–H groups in total. The Morgan fingerprint density at radius 3 is 2.46 bits per heavy atom. The molecule has 0 fully saturated rings. The average molecular weight is 349 g/mol. The highest BCUT2D eigenvalue weighted by Crippen LogP contribution is 2.43. The quantitative estimate of drug-likeness (QED) is 0.785. The maximum Gasteiger partial charge on any atom is 0.272 e. The fourth-order valence-corrected chi connectivity index (χ4v) is 3.50. The Morgan fingerprint density at radius 1 is 1.04 bits per heavy atom. The van der Waals surface area contributed by atoms with Gasteiger partial charge in [-0.25, -0.2) is 0 Å². The molecule has 2 aromatic carbocycles. The van der Waals surface area contributed by atoms with Gasteiger partial charge in [0.1, 0.15) is 5.69 Å². The monoisotopic (exact) mass is 349 g/mol. The standard InChI is InChI=1S/C20H19N3O3/c1-23-19(13-9-10-14(25-2)15(11-13)26-3)16-17(12-7-5-4-6-8-12)21-22-18(16)20(23)24/h4-11,19H,1-3H3,(H,21,22). The predicted molar refractivity (Wildman–Crippen MR) is 97.5 cm³/mol. The largest absolute Gasteiger partial charge is 0.493 e. The SMILES string of the molecule is COc1ccc(C2c3c(-c4ccccc4)n[nH]c3C(=O)N2C)cc1OC. The van der Waals surface area contributed by atoms with E-state index in [1.165, 1.54) is 0 Å². The second-order valence-electron chi connectivity index (χ2n) is 6.16. The maximum atomic E-state index is 12.7. The number of carbonyl (C=O) groups excluding carboxylic acids is 1. The Balaban J connectivity index is 1.88. The minimum absolute atomic E-state index is 0.0746. The molecule has 6 heteroatoms. The normalized spacial score (nSPS) is 15.9. The van der Waals surface area contributed by atoms with E-state index in [-0.39, 0.29) is 11.9 Å². The zero-order valence-electron chi connectivity index (χ0n) is 14.8. The molecule has 26 heavy (non-hydrogen) atoms. The van der Waals surface area contributed by atoms with Crippen molar-refractivity contribution >= 4 is 5.91 Å². The van der Waals surface area contributed by atoms with Gasteiger partial charge in [0, 0.05) is 18.2 Å². The number of nitrogens with one attached hydrogen (secondary N) is 1. The van der Waals surface area contributed by atoms with Crippen LogP contribution in [-0.2, 0) is 0 Å². The van der Waals surface area contributed by atoms with Crippen molar-refractivity contribution in [3.63, 3.8) is 0 Å². The zero-order chi connectivity index (χ0) is 18.3. The van der Waals surface area contributed by atoms with Crippen LogP contribution >= 0.6 is 0 Å². The highest BCUT2D eigenvalue weighted by Gasteiger charge is 2.40. The summed E-state index contributed by atoms with van der Waals surface area (Å²) in [6.07, 6.45) is 0. The third-order valence-corrected chi connectivity index (χ3v) is 4.77. The van der Waals surface area contributed by atoms with Crippen LogP contribution in [0.5, 0.6) is 11.5 Å². The Morgan fingerprint density at radius 2 is 1.77 bits per heavy atom. The topological polar surface area (TPSA) is 67.5 Å². The molecule has 4 rings (SSSR count). The average Bonchev–Trinajstić information content (AvgIpc) is 3.21. The first-order valence-corrected chi connectivity index (χ1v) is 8.28. The van der Waals surface area contributed by atoms with Crippen LogP contribution in [0, 0.1) is 0 Å². The predicted octanol–water partition coefficient (Wildman–Crippen LogP) is 3.27. The number of benzene rings is 2. The van der Waals surface area contributed by atoms with Gasteiger partial charge in [-0.15, -0.1) is 0 Å². The number of aromatic nitrogens is 2. The second kappa shape index (κ2) is 6.22. The molecule has 1 aromatic heterocycles. The molecule has 2 heterocycles. The van der Waals surface area contributed by atoms with E-state index in [0.717, 1.165) is 22.4 Å². The first-order valence-electron chi connectivity index (χ1n) is 8.28. The van der Waals surface area contributed by atoms with Crippen LogP contribution in [0.2, 0.25) is 0 Å². The summed E-state index contributed by atoms with van der Waals surface area (Å²) in [5.74, 6) is 1.21. The Kier molecular flexibility index (Phi) is 3.88. The number of carbonyl (C=O) groups is 1. The van der Waals surface area contributed by atoms with Crippen molar-refractivity contribution in [2.45, 2.75) is 6.04 Å². The molecule has 0 bridgehead atoms. The van der Waals surface area contributed by atoms with E-state index in [2.05, 4.69) is 10.2 Å². The molecule has 0 saturated carbocycles. The van der Waals surface area contributed by atoms with Gasteiger partial charge in [0.2, 0.25) is 0 Å². The molecular weight excluding hydrogens is 330 g/mol. The fraction of sp³-hybridized carbons (Fsp3) is 0.200. The Hall–Kier alpha value is -3.28. The van der Waals surface area contributed by atoms with Gasteiger partial charge in [-0.05, 0) is 17.7 Å². The van der Waals surface area contributed by atoms with Gasteiger partial charge in [0.15, 0.2) is 11.5 Å². The number of rotatable bonds is 4. The number of hydrogen-bond donors (Lipinski definition) is 1. The molecule has 1 unspecified atom stereocenters. The summed E-state index contributed by atoms with van der Waals surface area (Å²) < 4.78 is 10.8. The minimum atomic E-state index is -0.244. The van der Waals surface area contributed by atoms with Crippen molar-refractivity contribution in [3.8, 4) is 22.8 Å². The number of aromatic amines is 1.